The fraction of sp³-hybridized carbons (Fsp3) is 0.200. The number of nitrogens with one attached hydrogen (secondary N) is 2. The number of ether oxygens (including phenoxy) is 1. The number of hydrogen-bond donors (Lipinski definition) is 3. The molecule has 9 heteroatoms. The van der Waals surface area contributed by atoms with Crippen LogP contribution in [0.3, 0.4) is 0 Å². The average Bonchev–Trinajstić information content (AvgIpc) is 2.83. The largest absolute Gasteiger partial charge is 0.489 e. The van der Waals surface area contributed by atoms with Crippen LogP contribution in [-0.2, 0) is 0 Å². The van der Waals surface area contributed by atoms with Crippen LogP contribution in [0.1, 0.15) is 25.1 Å². The quantitative estimate of drug-likeness (QED) is 0.168. The highest BCUT2D eigenvalue weighted by Gasteiger charge is 2.28. The summed E-state index contributed by atoms with van der Waals surface area (Å²) >= 11 is 4.64. The Labute approximate surface area is 201 Å². The van der Waals surface area contributed by atoms with Gasteiger partial charge in [-0.15, -0.1) is 11.6 Å². The zero-order valence-corrected chi connectivity index (χ0v) is 20.1. The number of alkyl halides is 1. The lowest BCUT2D eigenvalue weighted by Crippen LogP contribution is -2.37. The van der Waals surface area contributed by atoms with E-state index < -0.39 is 5.82 Å². The highest BCUT2D eigenvalue weighted by molar-refractivity contribution is 6.15. The number of benzene rings is 1. The van der Waals surface area contributed by atoms with Crippen molar-refractivity contribution in [1.82, 2.24) is 9.97 Å². The van der Waals surface area contributed by atoms with Crippen LogP contribution in [0.2, 0.25) is 0 Å². The first-order valence-corrected chi connectivity index (χ1v) is 11.2. The molecule has 3 heterocycles. The molecule has 0 bridgehead atoms. The maximum absolute atomic E-state index is 14.3. The highest BCUT2D eigenvalue weighted by Crippen LogP contribution is 2.39. The van der Waals surface area contributed by atoms with Crippen molar-refractivity contribution in [1.29, 1.82) is 5.41 Å². The third kappa shape index (κ3) is 4.49. The molecule has 4 rings (SSSR count). The molecule has 0 atom stereocenters. The molecule has 0 radical (unpaired) electrons. The van der Waals surface area contributed by atoms with E-state index in [2.05, 4.69) is 21.6 Å². The minimum absolute atomic E-state index is 0.157. The number of nitrogen functional groups attached to an aromatic ring is 1. The number of fused-ring (bicyclic) bond motifs is 1. The van der Waals surface area contributed by atoms with Crippen LogP contribution in [-0.4, -0.2) is 28.7 Å². The molecule has 34 heavy (non-hydrogen) atoms. The van der Waals surface area contributed by atoms with Gasteiger partial charge in [0.2, 0.25) is 0 Å². The molecule has 4 N–H and O–H groups in total. The molecule has 0 unspecified atom stereocenters. The summed E-state index contributed by atoms with van der Waals surface area (Å²) in [4.78, 5) is 20.7. The molecule has 0 saturated heterocycles. The van der Waals surface area contributed by atoms with E-state index in [1.54, 1.807) is 42.2 Å². The van der Waals surface area contributed by atoms with Crippen molar-refractivity contribution in [3.05, 3.63) is 76.4 Å². The van der Waals surface area contributed by atoms with E-state index >= 15 is 0 Å². The summed E-state index contributed by atoms with van der Waals surface area (Å²) in [7, 11) is 0. The van der Waals surface area contributed by atoms with Gasteiger partial charge in [-0.1, -0.05) is 12.1 Å². The zero-order valence-electron chi connectivity index (χ0n) is 19.3. The number of H-pyrrole nitrogens is 1. The van der Waals surface area contributed by atoms with Gasteiger partial charge in [-0.2, -0.15) is 4.57 Å². The second-order valence-electron chi connectivity index (χ2n) is 7.65. The van der Waals surface area contributed by atoms with Gasteiger partial charge in [0.05, 0.1) is 40.1 Å². The summed E-state index contributed by atoms with van der Waals surface area (Å²) in [5.41, 5.74) is 7.97. The molecule has 0 aliphatic rings. The summed E-state index contributed by atoms with van der Waals surface area (Å²) in [6.45, 7) is 5.57. The van der Waals surface area contributed by atoms with Gasteiger partial charge in [0.15, 0.2) is 12.4 Å². The van der Waals surface area contributed by atoms with Crippen molar-refractivity contribution in [2.75, 3.05) is 12.1 Å². The first kappa shape index (κ1) is 24.9. The number of rotatable bonds is 5. The van der Waals surface area contributed by atoms with Crippen LogP contribution in [0.15, 0.2) is 53.7 Å². The monoisotopic (exact) mass is 482 g/mol. The first-order valence-electron chi connectivity index (χ1n) is 10.5. The SMILES string of the molecule is CCl.Cc1ncc(OC(C)C)c2c(-c3ccc(F)c(N)c3C=N)c(-[n+]3ccccc3)c(=O)[nH]c12. The summed E-state index contributed by atoms with van der Waals surface area (Å²) < 4.78 is 22.0. The van der Waals surface area contributed by atoms with Crippen molar-refractivity contribution in [2.45, 2.75) is 26.9 Å². The van der Waals surface area contributed by atoms with E-state index in [0.29, 0.717) is 39.2 Å². The van der Waals surface area contributed by atoms with E-state index in [9.17, 15) is 9.18 Å². The van der Waals surface area contributed by atoms with Gasteiger partial charge < -0.3 is 20.9 Å². The third-order valence-corrected chi connectivity index (χ3v) is 5.16. The van der Waals surface area contributed by atoms with Gasteiger partial charge in [0, 0.05) is 35.9 Å². The Morgan fingerprint density at radius 2 is 1.91 bits per heavy atom. The number of halogens is 2. The average molecular weight is 483 g/mol. The minimum Gasteiger partial charge on any atom is -0.489 e. The maximum Gasteiger partial charge on any atom is 0.321 e. The smallest absolute Gasteiger partial charge is 0.321 e. The molecule has 0 fully saturated rings. The number of hydrogen-bond acceptors (Lipinski definition) is 5. The predicted octanol–water partition coefficient (Wildman–Crippen LogP) is 4.54. The zero-order chi connectivity index (χ0) is 25.0. The second kappa shape index (κ2) is 10.4. The van der Waals surface area contributed by atoms with Gasteiger partial charge in [0.25, 0.3) is 5.69 Å². The summed E-state index contributed by atoms with van der Waals surface area (Å²) in [5.74, 6) is -0.171. The van der Waals surface area contributed by atoms with Crippen molar-refractivity contribution >= 4 is 34.4 Å². The molecular weight excluding hydrogens is 457 g/mol. The van der Waals surface area contributed by atoms with Crippen LogP contribution >= 0.6 is 11.6 Å². The van der Waals surface area contributed by atoms with Crippen LogP contribution in [0, 0.1) is 18.2 Å². The number of aryl methyl sites for hydroxylation is 1. The lowest BCUT2D eigenvalue weighted by Gasteiger charge is -2.18. The van der Waals surface area contributed by atoms with Crippen molar-refractivity contribution in [2.24, 2.45) is 0 Å². The van der Waals surface area contributed by atoms with Gasteiger partial charge in [-0.25, -0.2) is 4.39 Å². The molecule has 0 amide bonds. The van der Waals surface area contributed by atoms with Crippen LogP contribution < -0.4 is 20.6 Å². The molecule has 0 aliphatic heterocycles. The lowest BCUT2D eigenvalue weighted by atomic mass is 9.93. The molecule has 7 nitrogen and oxygen atoms in total. The Kier molecular flexibility index (Phi) is 7.63. The standard InChI is InChI=1S/C24H22FN5O2.CH3Cl/c1-13(2)32-18-12-28-14(3)22-20(18)19(15-7-8-17(25)21(27)16(15)11-26)23(24(31)29-22)30-9-5-4-6-10-30;1-2/h4-13H,1-3H3,(H3-,26,27,29,31);1H3/p+1. The second-order valence-corrected chi connectivity index (χ2v) is 7.65. The molecule has 0 aliphatic carbocycles. The molecule has 4 aromatic rings. The van der Waals surface area contributed by atoms with Crippen molar-refractivity contribution in [3.8, 4) is 22.6 Å². The van der Waals surface area contributed by atoms with Gasteiger partial charge in [-0.05, 0) is 26.8 Å². The number of aromatic nitrogens is 3. The fourth-order valence-corrected chi connectivity index (χ4v) is 3.78. The number of aromatic amines is 1. The number of anilines is 1. The molecule has 1 aromatic carbocycles. The molecule has 3 aromatic heterocycles. The molecule has 0 spiro atoms. The van der Waals surface area contributed by atoms with Crippen molar-refractivity contribution in [3.63, 3.8) is 0 Å². The Balaban J connectivity index is 0.00000158. The fourth-order valence-electron chi connectivity index (χ4n) is 3.78. The van der Waals surface area contributed by atoms with Gasteiger partial charge >= 0.3 is 5.56 Å². The maximum atomic E-state index is 14.3. The minimum atomic E-state index is -0.633. The third-order valence-electron chi connectivity index (χ3n) is 5.16. The van der Waals surface area contributed by atoms with Crippen LogP contribution in [0.4, 0.5) is 10.1 Å². The lowest BCUT2D eigenvalue weighted by molar-refractivity contribution is -0.596. The van der Waals surface area contributed by atoms with E-state index in [1.165, 1.54) is 18.5 Å². The first-order chi connectivity index (χ1) is 16.3. The predicted molar refractivity (Wildman–Crippen MR) is 134 cm³/mol. The van der Waals surface area contributed by atoms with Gasteiger partial charge in [0.1, 0.15) is 11.6 Å². The van der Waals surface area contributed by atoms with E-state index in [0.717, 1.165) is 6.21 Å². The van der Waals surface area contributed by atoms with Crippen LogP contribution in [0.25, 0.3) is 27.7 Å². The summed E-state index contributed by atoms with van der Waals surface area (Å²) in [6, 6.07) is 8.20. The van der Waals surface area contributed by atoms with Crippen molar-refractivity contribution < 1.29 is 13.7 Å². The summed E-state index contributed by atoms with van der Waals surface area (Å²) in [5, 5.41) is 8.51. The number of nitrogens with zero attached hydrogens (tertiary/aromatic N) is 2. The molecule has 176 valence electrons. The Bertz CT molecular complexity index is 1400. The van der Waals surface area contributed by atoms with Crippen LogP contribution in [0.5, 0.6) is 5.75 Å². The normalized spacial score (nSPS) is 10.7. The Morgan fingerprint density at radius 1 is 1.24 bits per heavy atom. The van der Waals surface area contributed by atoms with E-state index in [1.807, 2.05) is 19.9 Å². The van der Waals surface area contributed by atoms with E-state index in [-0.39, 0.29) is 22.9 Å². The Morgan fingerprint density at radius 3 is 2.53 bits per heavy atom. The van der Waals surface area contributed by atoms with Gasteiger partial charge in [-0.3, -0.25) is 9.78 Å². The number of pyridine rings is 3. The molecular formula is C25H26ClFN5O2+. The Hall–Kier alpha value is -3.78. The number of nitrogens with two attached hydrogens (primary N) is 1. The summed E-state index contributed by atoms with van der Waals surface area (Å²) in [6.07, 6.45) is 7.41. The molecule has 0 saturated carbocycles. The van der Waals surface area contributed by atoms with E-state index in [4.69, 9.17) is 15.9 Å². The topological polar surface area (TPSA) is 109 Å². The highest BCUT2D eigenvalue weighted by atomic mass is 35.5.